The van der Waals surface area contributed by atoms with Gasteiger partial charge >= 0.3 is 0 Å². The van der Waals surface area contributed by atoms with Gasteiger partial charge in [-0.15, -0.1) is 0 Å². The Morgan fingerprint density at radius 3 is 0.839 bits per heavy atom. The monoisotopic (exact) mass is 2000 g/mol. The minimum absolute atomic E-state index is 0.677. The second-order valence-electron chi connectivity index (χ2n) is 6.86. The summed E-state index contributed by atoms with van der Waals surface area (Å²) in [4.78, 5) is 0. The van der Waals surface area contributed by atoms with Crippen LogP contribution in [0.5, 0.6) is 0 Å². The quantitative estimate of drug-likeness (QED) is 0.113. The van der Waals surface area contributed by atoms with E-state index in [0.717, 1.165) is 15.7 Å². The fraction of sp³-hybridized carbons (Fsp3) is 1.00. The smallest absolute Gasteiger partial charge is 0.0366 e. The molecule has 0 saturated carbocycles. The Balaban J connectivity index is 5.15. The lowest BCUT2D eigenvalue weighted by molar-refractivity contribution is 0.675. The Hall–Kier alpha value is 10.2. The number of halogens is 14. The van der Waals surface area contributed by atoms with Crippen molar-refractivity contribution in [1.29, 1.82) is 0 Å². The first-order valence-electron chi connectivity index (χ1n) is 9.13. The molecule has 0 rings (SSSR count). The van der Waals surface area contributed by atoms with Gasteiger partial charge in [0.2, 0.25) is 0 Å². The first kappa shape index (κ1) is 41.2. The topological polar surface area (TPSA) is 0 Å². The fourth-order valence-electron chi connectivity index (χ4n) is 2.50. The van der Waals surface area contributed by atoms with Gasteiger partial charge in [0.15, 0.2) is 0 Å². The zero-order chi connectivity index (χ0) is 24.6. The molecule has 0 heterocycles. The maximum absolute atomic E-state index is 2.78. The molecule has 0 aromatic rings. The molecule has 13 atom stereocenters. The molecule has 0 aliphatic rings. The van der Waals surface area contributed by atoms with Crippen LogP contribution in [0, 0.1) is 0 Å². The standard InChI is InChI=1S/C17H22I14/c1-2-3-5(19)7(21)9(23)11(25)13(27)15(29)17(31)16(30)14(28)12(26)10(24)8(22)6(20)4-18/h5-17H,2-4H2,1H3. The van der Waals surface area contributed by atoms with Gasteiger partial charge in [-0.25, -0.2) is 0 Å². The average molecular weight is 2000 g/mol. The minimum Gasteiger partial charge on any atom is -0.0852 e. The second-order valence-corrected chi connectivity index (χ2v) is 26.8. The molecule has 31 heavy (non-hydrogen) atoms. The lowest BCUT2D eigenvalue weighted by Crippen LogP contribution is -2.46. The minimum atomic E-state index is 0.677. The highest BCUT2D eigenvalue weighted by atomic mass is 127. The summed E-state index contributed by atoms with van der Waals surface area (Å²) in [5, 5.41) is 0. The van der Waals surface area contributed by atoms with Crippen LogP contribution in [0.15, 0.2) is 0 Å². The molecule has 188 valence electrons. The third-order valence-electron chi connectivity index (χ3n) is 4.45. The van der Waals surface area contributed by atoms with Gasteiger partial charge in [0.25, 0.3) is 0 Å². The largest absolute Gasteiger partial charge is 0.0852 e. The van der Waals surface area contributed by atoms with Gasteiger partial charge in [0.1, 0.15) is 0 Å². The van der Waals surface area contributed by atoms with Gasteiger partial charge in [-0.05, 0) is 6.42 Å². The first-order valence-corrected chi connectivity index (χ1v) is 26.8. The van der Waals surface area contributed by atoms with Crippen LogP contribution in [0.4, 0.5) is 0 Å². The first-order chi connectivity index (χ1) is 14.2. The van der Waals surface area contributed by atoms with E-state index in [1.165, 1.54) is 17.3 Å². The van der Waals surface area contributed by atoms with Crippen molar-refractivity contribution in [1.82, 2.24) is 0 Å². The Bertz CT molecular complexity index is 484. The molecule has 0 fully saturated rings. The summed E-state index contributed by atoms with van der Waals surface area (Å²) in [7, 11) is 0. The van der Waals surface area contributed by atoms with Crippen molar-refractivity contribution < 1.29 is 0 Å². The maximum atomic E-state index is 2.78. The fourth-order valence-corrected chi connectivity index (χ4v) is 23.9. The zero-order valence-corrected chi connectivity index (χ0v) is 46.1. The molecule has 0 nitrogen and oxygen atoms in total. The van der Waals surface area contributed by atoms with Crippen molar-refractivity contribution >= 4 is 316 Å². The summed E-state index contributed by atoms with van der Waals surface area (Å²) >= 11 is 38.2. The molecule has 0 aliphatic carbocycles. The molecule has 0 amide bonds. The van der Waals surface area contributed by atoms with E-state index in [-0.39, 0.29) is 0 Å². The zero-order valence-electron chi connectivity index (χ0n) is 15.9. The molecule has 0 aliphatic heterocycles. The average Bonchev–Trinajstić information content (AvgIpc) is 2.77. The van der Waals surface area contributed by atoms with Crippen LogP contribution in [-0.2, 0) is 0 Å². The van der Waals surface area contributed by atoms with E-state index < -0.39 is 0 Å². The van der Waals surface area contributed by atoms with Gasteiger partial charge in [-0.1, -0.05) is 330 Å². The van der Waals surface area contributed by atoms with Gasteiger partial charge in [0.05, 0.1) is 0 Å². The summed E-state index contributed by atoms with van der Waals surface area (Å²) < 4.78 is 10.4. The van der Waals surface area contributed by atoms with Crippen molar-refractivity contribution in [3.05, 3.63) is 0 Å². The van der Waals surface area contributed by atoms with Crippen LogP contribution in [0.3, 0.4) is 0 Å². The van der Waals surface area contributed by atoms with Crippen molar-refractivity contribution in [2.45, 2.75) is 70.8 Å². The van der Waals surface area contributed by atoms with Crippen LogP contribution < -0.4 is 0 Å². The molecule has 0 spiro atoms. The molecular weight excluding hydrogens is 1980 g/mol. The highest BCUT2D eigenvalue weighted by molar-refractivity contribution is 14.1. The maximum Gasteiger partial charge on any atom is 0.0366 e. The third-order valence-corrected chi connectivity index (χ3v) is 43.4. The van der Waals surface area contributed by atoms with Crippen molar-refractivity contribution in [2.24, 2.45) is 0 Å². The van der Waals surface area contributed by atoms with Crippen LogP contribution >= 0.6 is 316 Å². The lowest BCUT2D eigenvalue weighted by Gasteiger charge is -2.36. The summed E-state index contributed by atoms with van der Waals surface area (Å²) in [5.41, 5.74) is 0. The molecule has 0 saturated heterocycles. The molecule has 13 unspecified atom stereocenters. The van der Waals surface area contributed by atoms with E-state index in [2.05, 4.69) is 323 Å². The van der Waals surface area contributed by atoms with E-state index >= 15 is 0 Å². The number of rotatable bonds is 15. The van der Waals surface area contributed by atoms with Gasteiger partial charge in [-0.3, -0.25) is 0 Å². The predicted octanol–water partition coefficient (Wildman–Crippen LogP) is 12.7. The van der Waals surface area contributed by atoms with Crippen molar-refractivity contribution in [3.63, 3.8) is 0 Å². The molecule has 0 aromatic heterocycles. The highest BCUT2D eigenvalue weighted by Gasteiger charge is 2.42. The van der Waals surface area contributed by atoms with Gasteiger partial charge in [0, 0.05) is 55.4 Å². The highest BCUT2D eigenvalue weighted by Crippen LogP contribution is 2.44. The van der Waals surface area contributed by atoms with Gasteiger partial charge in [-0.2, -0.15) is 0 Å². The number of alkyl halides is 14. The SMILES string of the molecule is CCCC(I)C(I)C(I)C(I)C(I)C(I)C(I)C(I)C(I)C(I)C(I)C(I)C(I)CI. The second kappa shape index (κ2) is 22.7. The van der Waals surface area contributed by atoms with E-state index in [1.54, 1.807) is 0 Å². The molecule has 14 heteroatoms. The number of hydrogen-bond acceptors (Lipinski definition) is 0. The summed E-state index contributed by atoms with van der Waals surface area (Å²) in [6, 6.07) is 0. The van der Waals surface area contributed by atoms with E-state index in [4.69, 9.17) is 0 Å². The summed E-state index contributed by atoms with van der Waals surface area (Å²) in [6.07, 6.45) is 2.62. The Kier molecular flexibility index (Phi) is 30.2. The molecule has 0 radical (unpaired) electrons. The van der Waals surface area contributed by atoms with Crippen LogP contribution in [0.25, 0.3) is 0 Å². The van der Waals surface area contributed by atoms with Crippen LogP contribution in [-0.4, -0.2) is 55.4 Å². The predicted molar refractivity (Wildman–Crippen MR) is 265 cm³/mol. The van der Waals surface area contributed by atoms with E-state index in [1.807, 2.05) is 0 Å². The Morgan fingerprint density at radius 1 is 0.387 bits per heavy atom. The van der Waals surface area contributed by atoms with E-state index in [9.17, 15) is 0 Å². The number of hydrogen-bond donors (Lipinski definition) is 0. The molecule has 0 bridgehead atoms. The van der Waals surface area contributed by atoms with E-state index in [0.29, 0.717) is 35.3 Å². The molecule has 0 aromatic carbocycles. The van der Waals surface area contributed by atoms with Crippen LogP contribution in [0.1, 0.15) is 19.8 Å². The summed E-state index contributed by atoms with van der Waals surface area (Å²) in [5.74, 6) is 0. The summed E-state index contributed by atoms with van der Waals surface area (Å²) in [6.45, 7) is 2.31. The Morgan fingerprint density at radius 2 is 0.613 bits per heavy atom. The third kappa shape index (κ3) is 14.7. The molecular formula is C17H22I14. The van der Waals surface area contributed by atoms with Gasteiger partial charge < -0.3 is 0 Å². The lowest BCUT2D eigenvalue weighted by atomic mass is 10.0. The molecule has 0 N–H and O–H groups in total. The Labute approximate surface area is 380 Å². The van der Waals surface area contributed by atoms with Crippen molar-refractivity contribution in [2.75, 3.05) is 4.43 Å². The van der Waals surface area contributed by atoms with Crippen molar-refractivity contribution in [3.8, 4) is 0 Å². The normalized spacial score (nSPS) is 25.3. The van der Waals surface area contributed by atoms with Crippen LogP contribution in [0.2, 0.25) is 0 Å².